The molecule has 0 unspecified atom stereocenters. The van der Waals surface area contributed by atoms with Gasteiger partial charge in [-0.1, -0.05) is 11.6 Å². The minimum Gasteiger partial charge on any atom is -0.383 e. The van der Waals surface area contributed by atoms with E-state index >= 15 is 0 Å². The van der Waals surface area contributed by atoms with Crippen molar-refractivity contribution in [1.29, 1.82) is 0 Å². The topological polar surface area (TPSA) is 47.5 Å². The molecule has 0 aliphatic carbocycles. The molecule has 0 amide bonds. The summed E-state index contributed by atoms with van der Waals surface area (Å²) in [5.41, 5.74) is 0. The minimum absolute atomic E-state index is 0.398. The van der Waals surface area contributed by atoms with Crippen LogP contribution in [-0.2, 0) is 9.47 Å². The van der Waals surface area contributed by atoms with Crippen LogP contribution in [0.2, 0.25) is 5.15 Å². The molecule has 17 heavy (non-hydrogen) atoms. The third kappa shape index (κ3) is 4.39. The van der Waals surface area contributed by atoms with Crippen LogP contribution in [0.1, 0.15) is 0 Å². The minimum atomic E-state index is 0.398. The van der Waals surface area contributed by atoms with E-state index in [1.54, 1.807) is 14.2 Å². The molecule has 0 fully saturated rings. The van der Waals surface area contributed by atoms with Gasteiger partial charge >= 0.3 is 0 Å². The lowest BCUT2D eigenvalue weighted by molar-refractivity contribution is 0.190. The van der Waals surface area contributed by atoms with Crippen LogP contribution in [0.5, 0.6) is 0 Å². The van der Waals surface area contributed by atoms with Crippen LogP contribution >= 0.6 is 27.5 Å². The van der Waals surface area contributed by atoms with Crippen molar-refractivity contribution >= 4 is 33.3 Å². The third-order valence-electron chi connectivity index (χ3n) is 2.16. The molecule has 0 aliphatic rings. The molecule has 96 valence electrons. The highest BCUT2D eigenvalue weighted by Gasteiger charge is 2.14. The molecule has 0 radical (unpaired) electrons. The first-order valence-electron chi connectivity index (χ1n) is 5.09. The average molecular weight is 325 g/mol. The largest absolute Gasteiger partial charge is 0.383 e. The van der Waals surface area contributed by atoms with Crippen molar-refractivity contribution in [2.75, 3.05) is 45.4 Å². The van der Waals surface area contributed by atoms with Gasteiger partial charge in [0.05, 0.1) is 17.7 Å². The molecule has 7 heteroatoms. The molecule has 1 aromatic heterocycles. The normalized spacial score (nSPS) is 10.6. The Balaban J connectivity index is 2.83. The van der Waals surface area contributed by atoms with Crippen LogP contribution in [0.3, 0.4) is 0 Å². The molecule has 1 aromatic rings. The maximum atomic E-state index is 5.94. The Hall–Kier alpha value is -0.430. The Kier molecular flexibility index (Phi) is 6.72. The van der Waals surface area contributed by atoms with Crippen LogP contribution in [0.15, 0.2) is 10.8 Å². The molecule has 0 N–H and O–H groups in total. The first-order chi connectivity index (χ1) is 8.20. The monoisotopic (exact) mass is 323 g/mol. The number of aromatic nitrogens is 2. The van der Waals surface area contributed by atoms with E-state index < -0.39 is 0 Å². The highest BCUT2D eigenvalue weighted by Crippen LogP contribution is 2.28. The maximum absolute atomic E-state index is 5.94. The highest BCUT2D eigenvalue weighted by atomic mass is 79.9. The number of rotatable bonds is 7. The smallest absolute Gasteiger partial charge is 0.148 e. The van der Waals surface area contributed by atoms with Gasteiger partial charge in [-0.05, 0) is 15.9 Å². The fourth-order valence-corrected chi connectivity index (χ4v) is 1.87. The third-order valence-corrected chi connectivity index (χ3v) is 3.40. The summed E-state index contributed by atoms with van der Waals surface area (Å²) in [5.74, 6) is 0.749. The van der Waals surface area contributed by atoms with Gasteiger partial charge in [-0.15, -0.1) is 0 Å². The van der Waals surface area contributed by atoms with Crippen molar-refractivity contribution in [2.45, 2.75) is 0 Å². The SMILES string of the molecule is COCCN(CCOC)c1ncnc(Cl)c1Br. The molecule has 0 bridgehead atoms. The summed E-state index contributed by atoms with van der Waals surface area (Å²) in [7, 11) is 3.33. The van der Waals surface area contributed by atoms with Crippen molar-refractivity contribution in [3.8, 4) is 0 Å². The van der Waals surface area contributed by atoms with Gasteiger partial charge in [-0.2, -0.15) is 0 Å². The molecule has 0 saturated heterocycles. The van der Waals surface area contributed by atoms with Gasteiger partial charge in [0.1, 0.15) is 17.3 Å². The quantitative estimate of drug-likeness (QED) is 0.718. The van der Waals surface area contributed by atoms with Crippen LogP contribution in [-0.4, -0.2) is 50.5 Å². The van der Waals surface area contributed by atoms with Gasteiger partial charge in [0, 0.05) is 27.3 Å². The van der Waals surface area contributed by atoms with Crippen LogP contribution < -0.4 is 4.90 Å². The summed E-state index contributed by atoms with van der Waals surface area (Å²) in [6.45, 7) is 2.65. The predicted molar refractivity (Wildman–Crippen MR) is 70.7 cm³/mol. The van der Waals surface area contributed by atoms with E-state index in [-0.39, 0.29) is 0 Å². The number of ether oxygens (including phenoxy) is 2. The zero-order valence-corrected chi connectivity index (χ0v) is 12.2. The van der Waals surface area contributed by atoms with Crippen molar-refractivity contribution in [1.82, 2.24) is 9.97 Å². The molecule has 0 spiro atoms. The van der Waals surface area contributed by atoms with E-state index in [1.807, 2.05) is 4.90 Å². The summed E-state index contributed by atoms with van der Waals surface area (Å²) in [5, 5.41) is 0.398. The van der Waals surface area contributed by atoms with Gasteiger partial charge in [-0.25, -0.2) is 9.97 Å². The second-order valence-electron chi connectivity index (χ2n) is 3.27. The van der Waals surface area contributed by atoms with E-state index in [4.69, 9.17) is 21.1 Å². The summed E-state index contributed by atoms with van der Waals surface area (Å²) < 4.78 is 10.8. The van der Waals surface area contributed by atoms with Crippen LogP contribution in [0.25, 0.3) is 0 Å². The van der Waals surface area contributed by atoms with Gasteiger partial charge < -0.3 is 14.4 Å². The molecular formula is C10H15BrClN3O2. The molecule has 0 saturated carbocycles. The molecule has 5 nitrogen and oxygen atoms in total. The highest BCUT2D eigenvalue weighted by molar-refractivity contribution is 9.10. The second-order valence-corrected chi connectivity index (χ2v) is 4.43. The van der Waals surface area contributed by atoms with Gasteiger partial charge in [0.2, 0.25) is 0 Å². The average Bonchev–Trinajstić information content (AvgIpc) is 2.34. The van der Waals surface area contributed by atoms with Crippen molar-refractivity contribution in [3.05, 3.63) is 16.0 Å². The van der Waals surface area contributed by atoms with E-state index in [2.05, 4.69) is 25.9 Å². The number of methoxy groups -OCH3 is 2. The van der Waals surface area contributed by atoms with E-state index in [0.717, 1.165) is 5.82 Å². The summed E-state index contributed by atoms with van der Waals surface area (Å²) in [6, 6.07) is 0. The fourth-order valence-electron chi connectivity index (χ4n) is 1.29. The standard InChI is InChI=1S/C10H15BrClN3O2/c1-16-5-3-15(4-6-17-2)10-8(11)9(12)13-7-14-10/h7H,3-6H2,1-2H3. The Morgan fingerprint density at radius 2 is 1.82 bits per heavy atom. The molecule has 1 rings (SSSR count). The molecule has 0 aromatic carbocycles. The lowest BCUT2D eigenvalue weighted by atomic mass is 10.4. The van der Waals surface area contributed by atoms with Crippen molar-refractivity contribution in [3.63, 3.8) is 0 Å². The Morgan fingerprint density at radius 1 is 1.24 bits per heavy atom. The van der Waals surface area contributed by atoms with E-state index in [0.29, 0.717) is 35.9 Å². The van der Waals surface area contributed by atoms with Crippen molar-refractivity contribution < 1.29 is 9.47 Å². The zero-order chi connectivity index (χ0) is 12.7. The summed E-state index contributed by atoms with van der Waals surface area (Å²) >= 11 is 9.32. The molecule has 0 aliphatic heterocycles. The van der Waals surface area contributed by atoms with Gasteiger partial charge in [0.15, 0.2) is 0 Å². The Morgan fingerprint density at radius 3 is 2.35 bits per heavy atom. The number of nitrogens with zero attached hydrogens (tertiary/aromatic N) is 3. The van der Waals surface area contributed by atoms with Gasteiger partial charge in [-0.3, -0.25) is 0 Å². The van der Waals surface area contributed by atoms with E-state index in [9.17, 15) is 0 Å². The number of hydrogen-bond acceptors (Lipinski definition) is 5. The lowest BCUT2D eigenvalue weighted by Gasteiger charge is -2.23. The number of halogens is 2. The molecule has 1 heterocycles. The van der Waals surface area contributed by atoms with Crippen LogP contribution in [0.4, 0.5) is 5.82 Å². The molecular weight excluding hydrogens is 309 g/mol. The van der Waals surface area contributed by atoms with Gasteiger partial charge in [0.25, 0.3) is 0 Å². The summed E-state index contributed by atoms with van der Waals surface area (Å²) in [4.78, 5) is 10.2. The Labute approximate surface area is 114 Å². The second kappa shape index (κ2) is 7.81. The van der Waals surface area contributed by atoms with Crippen molar-refractivity contribution in [2.24, 2.45) is 0 Å². The van der Waals surface area contributed by atoms with Crippen LogP contribution in [0, 0.1) is 0 Å². The number of anilines is 1. The maximum Gasteiger partial charge on any atom is 0.148 e. The zero-order valence-electron chi connectivity index (χ0n) is 9.82. The first kappa shape index (κ1) is 14.6. The molecule has 0 atom stereocenters. The number of hydrogen-bond donors (Lipinski definition) is 0. The Bertz CT molecular complexity index is 346. The van der Waals surface area contributed by atoms with E-state index in [1.165, 1.54) is 6.33 Å². The first-order valence-corrected chi connectivity index (χ1v) is 6.26. The lowest BCUT2D eigenvalue weighted by Crippen LogP contribution is -2.31. The summed E-state index contributed by atoms with van der Waals surface area (Å²) in [6.07, 6.45) is 1.44. The predicted octanol–water partition coefficient (Wildman–Crippen LogP) is 1.99. The fraction of sp³-hybridized carbons (Fsp3) is 0.600.